The summed E-state index contributed by atoms with van der Waals surface area (Å²) in [4.78, 5) is 15.9. The second kappa shape index (κ2) is 7.63. The highest BCUT2D eigenvalue weighted by Gasteiger charge is 2.22. The minimum atomic E-state index is 0.0988. The third-order valence-corrected chi connectivity index (χ3v) is 3.08. The van der Waals surface area contributed by atoms with Crippen LogP contribution in [0.2, 0.25) is 0 Å². The van der Waals surface area contributed by atoms with Crippen LogP contribution in [-0.4, -0.2) is 69.2 Å². The van der Waals surface area contributed by atoms with Gasteiger partial charge in [0, 0.05) is 26.2 Å². The molecule has 0 aromatic rings. The van der Waals surface area contributed by atoms with Crippen molar-refractivity contribution in [1.29, 1.82) is 0 Å². The van der Waals surface area contributed by atoms with Gasteiger partial charge in [-0.15, -0.1) is 0 Å². The Morgan fingerprint density at radius 3 is 2.59 bits per heavy atom. The van der Waals surface area contributed by atoms with Gasteiger partial charge in [0.15, 0.2) is 0 Å². The Kier molecular flexibility index (Phi) is 6.47. The first-order valence-corrected chi connectivity index (χ1v) is 6.33. The van der Waals surface area contributed by atoms with Crippen molar-refractivity contribution in [1.82, 2.24) is 9.80 Å². The Morgan fingerprint density at radius 2 is 2.06 bits per heavy atom. The van der Waals surface area contributed by atoms with E-state index in [1.54, 1.807) is 0 Å². The van der Waals surface area contributed by atoms with Crippen molar-refractivity contribution in [2.45, 2.75) is 12.8 Å². The van der Waals surface area contributed by atoms with E-state index in [1.807, 2.05) is 4.90 Å². The zero-order chi connectivity index (χ0) is 12.7. The lowest BCUT2D eigenvalue weighted by Crippen LogP contribution is -2.42. The second-order valence-corrected chi connectivity index (χ2v) is 4.93. The van der Waals surface area contributed by atoms with Crippen LogP contribution >= 0.6 is 0 Å². The third kappa shape index (κ3) is 5.48. The fourth-order valence-corrected chi connectivity index (χ4v) is 2.22. The molecule has 1 rings (SSSR count). The zero-order valence-corrected chi connectivity index (χ0v) is 11.0. The van der Waals surface area contributed by atoms with E-state index in [1.165, 1.54) is 0 Å². The van der Waals surface area contributed by atoms with E-state index in [0.717, 1.165) is 38.4 Å². The topological polar surface area (TPSA) is 58.8 Å². The van der Waals surface area contributed by atoms with Crippen LogP contribution < -0.4 is 5.73 Å². The number of rotatable bonds is 6. The summed E-state index contributed by atoms with van der Waals surface area (Å²) >= 11 is 0. The number of amides is 1. The number of likely N-dealkylation sites (tertiary alicyclic amines) is 1. The van der Waals surface area contributed by atoms with Gasteiger partial charge in [-0.05, 0) is 32.9 Å². The van der Waals surface area contributed by atoms with Gasteiger partial charge in [-0.2, -0.15) is 0 Å². The summed E-state index contributed by atoms with van der Waals surface area (Å²) < 4.78 is 5.16. The smallest absolute Gasteiger partial charge is 0.248 e. The Balaban J connectivity index is 2.19. The summed E-state index contributed by atoms with van der Waals surface area (Å²) in [6, 6.07) is 0. The zero-order valence-electron chi connectivity index (χ0n) is 11.0. The van der Waals surface area contributed by atoms with Gasteiger partial charge in [-0.3, -0.25) is 4.79 Å². The van der Waals surface area contributed by atoms with Crippen LogP contribution in [0.1, 0.15) is 12.8 Å². The summed E-state index contributed by atoms with van der Waals surface area (Å²) in [6.45, 7) is 3.95. The molecule has 1 aliphatic rings. The van der Waals surface area contributed by atoms with Crippen molar-refractivity contribution in [3.63, 3.8) is 0 Å². The molecule has 1 amide bonds. The van der Waals surface area contributed by atoms with Gasteiger partial charge in [-0.1, -0.05) is 0 Å². The fraction of sp³-hybridized carbons (Fsp3) is 0.917. The summed E-state index contributed by atoms with van der Waals surface area (Å²) in [6.07, 6.45) is 2.20. The molecule has 5 nitrogen and oxygen atoms in total. The Labute approximate surface area is 104 Å². The minimum Gasteiger partial charge on any atom is -0.370 e. The van der Waals surface area contributed by atoms with Gasteiger partial charge < -0.3 is 20.3 Å². The standard InChI is InChI=1S/C12H25N3O2/c1-14(2)9-11-3-6-15(7-4-11)12(16)10-17-8-5-13/h11H,3-10,13H2,1-2H3. The van der Waals surface area contributed by atoms with Crippen LogP contribution in [0.3, 0.4) is 0 Å². The predicted octanol–water partition coefficient (Wildman–Crippen LogP) is -0.238. The largest absolute Gasteiger partial charge is 0.370 e. The van der Waals surface area contributed by atoms with Crippen LogP contribution in [0, 0.1) is 5.92 Å². The van der Waals surface area contributed by atoms with Crippen LogP contribution in [-0.2, 0) is 9.53 Å². The number of hydrogen-bond donors (Lipinski definition) is 1. The van der Waals surface area contributed by atoms with E-state index in [9.17, 15) is 4.79 Å². The van der Waals surface area contributed by atoms with Gasteiger partial charge in [0.25, 0.3) is 0 Å². The summed E-state index contributed by atoms with van der Waals surface area (Å²) in [5.41, 5.74) is 5.30. The number of ether oxygens (including phenoxy) is 1. The van der Waals surface area contributed by atoms with Gasteiger partial charge in [0.05, 0.1) is 6.61 Å². The van der Waals surface area contributed by atoms with Crippen LogP contribution in [0.4, 0.5) is 0 Å². The van der Waals surface area contributed by atoms with E-state index >= 15 is 0 Å². The van der Waals surface area contributed by atoms with Gasteiger partial charge in [0.1, 0.15) is 6.61 Å². The first-order chi connectivity index (χ1) is 8.13. The van der Waals surface area contributed by atoms with E-state index in [-0.39, 0.29) is 12.5 Å². The molecule has 1 heterocycles. The molecular formula is C12H25N3O2. The molecule has 0 atom stereocenters. The van der Waals surface area contributed by atoms with Crippen molar-refractivity contribution >= 4 is 5.91 Å². The monoisotopic (exact) mass is 243 g/mol. The average Bonchev–Trinajstić information content (AvgIpc) is 2.29. The highest BCUT2D eigenvalue weighted by atomic mass is 16.5. The minimum absolute atomic E-state index is 0.0988. The molecule has 0 saturated carbocycles. The lowest BCUT2D eigenvalue weighted by atomic mass is 9.96. The Hall–Kier alpha value is -0.650. The molecule has 0 unspecified atom stereocenters. The quantitative estimate of drug-likeness (QED) is 0.654. The number of hydrogen-bond acceptors (Lipinski definition) is 4. The molecule has 5 heteroatoms. The molecule has 0 radical (unpaired) electrons. The van der Waals surface area contributed by atoms with E-state index in [0.29, 0.717) is 13.2 Å². The van der Waals surface area contributed by atoms with Gasteiger partial charge in [-0.25, -0.2) is 0 Å². The molecule has 0 aromatic carbocycles. The highest BCUT2D eigenvalue weighted by Crippen LogP contribution is 2.17. The summed E-state index contributed by atoms with van der Waals surface area (Å²) in [5, 5.41) is 0. The van der Waals surface area contributed by atoms with Gasteiger partial charge in [0.2, 0.25) is 5.91 Å². The van der Waals surface area contributed by atoms with Gasteiger partial charge >= 0.3 is 0 Å². The second-order valence-electron chi connectivity index (χ2n) is 4.93. The third-order valence-electron chi connectivity index (χ3n) is 3.08. The number of piperidine rings is 1. The van der Waals surface area contributed by atoms with Crippen molar-refractivity contribution in [3.8, 4) is 0 Å². The maximum absolute atomic E-state index is 11.8. The Morgan fingerprint density at radius 1 is 1.41 bits per heavy atom. The predicted molar refractivity (Wildman–Crippen MR) is 67.7 cm³/mol. The highest BCUT2D eigenvalue weighted by molar-refractivity contribution is 5.77. The lowest BCUT2D eigenvalue weighted by Gasteiger charge is -2.33. The van der Waals surface area contributed by atoms with E-state index in [4.69, 9.17) is 10.5 Å². The van der Waals surface area contributed by atoms with Crippen LogP contribution in [0.5, 0.6) is 0 Å². The fourth-order valence-electron chi connectivity index (χ4n) is 2.22. The number of nitrogens with zero attached hydrogens (tertiary/aromatic N) is 2. The van der Waals surface area contributed by atoms with Crippen molar-refractivity contribution < 1.29 is 9.53 Å². The molecule has 1 aliphatic heterocycles. The number of nitrogens with two attached hydrogens (primary N) is 1. The summed E-state index contributed by atoms with van der Waals surface area (Å²) in [7, 11) is 4.19. The molecule has 0 bridgehead atoms. The Bertz CT molecular complexity index is 226. The SMILES string of the molecule is CN(C)CC1CCN(C(=O)COCCN)CC1. The lowest BCUT2D eigenvalue weighted by molar-refractivity contribution is -0.137. The van der Waals surface area contributed by atoms with Crippen molar-refractivity contribution in [3.05, 3.63) is 0 Å². The molecule has 0 spiro atoms. The van der Waals surface area contributed by atoms with E-state index < -0.39 is 0 Å². The molecule has 0 aliphatic carbocycles. The maximum atomic E-state index is 11.8. The first kappa shape index (κ1) is 14.4. The normalized spacial score (nSPS) is 17.8. The van der Waals surface area contributed by atoms with E-state index in [2.05, 4.69) is 19.0 Å². The molecule has 100 valence electrons. The van der Waals surface area contributed by atoms with Crippen molar-refractivity contribution in [2.75, 3.05) is 53.5 Å². The first-order valence-electron chi connectivity index (χ1n) is 6.33. The van der Waals surface area contributed by atoms with Crippen molar-refractivity contribution in [2.24, 2.45) is 11.7 Å². The van der Waals surface area contributed by atoms with Crippen LogP contribution in [0.15, 0.2) is 0 Å². The molecule has 1 saturated heterocycles. The molecule has 1 fully saturated rings. The summed E-state index contributed by atoms with van der Waals surface area (Å²) in [5.74, 6) is 0.820. The molecule has 2 N–H and O–H groups in total. The maximum Gasteiger partial charge on any atom is 0.248 e. The molecular weight excluding hydrogens is 218 g/mol. The molecule has 17 heavy (non-hydrogen) atoms. The molecule has 0 aromatic heterocycles. The van der Waals surface area contributed by atoms with Crippen LogP contribution in [0.25, 0.3) is 0 Å². The number of carbonyl (C=O) groups is 1. The average molecular weight is 243 g/mol. The number of carbonyl (C=O) groups excluding carboxylic acids is 1.